The lowest BCUT2D eigenvalue weighted by molar-refractivity contribution is -0.116. The Bertz CT molecular complexity index is 742. The fraction of sp³-hybridized carbons (Fsp3) is 0.167. The minimum atomic E-state index is -0.711. The lowest BCUT2D eigenvalue weighted by Gasteiger charge is -2.08. The fourth-order valence-corrected chi connectivity index (χ4v) is 2.20. The number of halogens is 2. The molecule has 0 saturated carbocycles. The summed E-state index contributed by atoms with van der Waals surface area (Å²) in [6, 6.07) is 10.4. The maximum Gasteiger partial charge on any atom is 0.244 e. The van der Waals surface area contributed by atoms with E-state index in [0.717, 1.165) is 23.3 Å². The molecule has 23 heavy (non-hydrogen) atoms. The molecule has 0 fully saturated rings. The van der Waals surface area contributed by atoms with Crippen LogP contribution in [0.4, 0.5) is 8.78 Å². The molecule has 2 rings (SSSR count). The first-order valence-corrected chi connectivity index (χ1v) is 7.10. The molecule has 1 amide bonds. The molecule has 0 aliphatic rings. The molecule has 2 N–H and O–H groups in total. The van der Waals surface area contributed by atoms with E-state index in [4.69, 9.17) is 0 Å². The van der Waals surface area contributed by atoms with Gasteiger partial charge in [-0.2, -0.15) is 0 Å². The molecule has 3 nitrogen and oxygen atoms in total. The molecule has 2 aromatic carbocycles. The van der Waals surface area contributed by atoms with Crippen molar-refractivity contribution < 1.29 is 18.7 Å². The number of hydrogen-bond acceptors (Lipinski definition) is 2. The number of aliphatic hydroxyl groups excluding tert-OH is 1. The molecular formula is C18H17F2NO2. The van der Waals surface area contributed by atoms with Crippen molar-refractivity contribution >= 4 is 11.5 Å². The third-order valence-electron chi connectivity index (χ3n) is 3.45. The Morgan fingerprint density at radius 1 is 1.17 bits per heavy atom. The van der Waals surface area contributed by atoms with Gasteiger partial charge in [-0.05, 0) is 35.8 Å². The van der Waals surface area contributed by atoms with Crippen LogP contribution in [-0.4, -0.2) is 11.0 Å². The summed E-state index contributed by atoms with van der Waals surface area (Å²) >= 11 is 0. The summed E-state index contributed by atoms with van der Waals surface area (Å²) in [6.07, 6.45) is 1.26. The third kappa shape index (κ3) is 4.47. The van der Waals surface area contributed by atoms with Crippen LogP contribution in [0.15, 0.2) is 48.5 Å². The van der Waals surface area contributed by atoms with Gasteiger partial charge < -0.3 is 10.4 Å². The second kappa shape index (κ2) is 7.65. The molecule has 0 aliphatic heterocycles. The van der Waals surface area contributed by atoms with Gasteiger partial charge >= 0.3 is 0 Å². The van der Waals surface area contributed by atoms with Gasteiger partial charge in [-0.3, -0.25) is 4.79 Å². The zero-order valence-electron chi connectivity index (χ0n) is 12.6. The number of nitrogens with one attached hydrogen (secondary N) is 1. The van der Waals surface area contributed by atoms with Gasteiger partial charge in [-0.1, -0.05) is 24.3 Å². The average Bonchev–Trinajstić information content (AvgIpc) is 2.53. The van der Waals surface area contributed by atoms with Gasteiger partial charge in [0, 0.05) is 24.3 Å². The van der Waals surface area contributed by atoms with Crippen LogP contribution >= 0.6 is 0 Å². The number of carbonyl (C=O) groups excluding carboxylic acids is 1. The van der Waals surface area contributed by atoms with Crippen LogP contribution in [-0.2, 0) is 17.9 Å². The van der Waals surface area contributed by atoms with Gasteiger partial charge in [-0.25, -0.2) is 8.78 Å². The number of allylic oxidation sites excluding steroid dienone is 1. The minimum Gasteiger partial charge on any atom is -0.392 e. The van der Waals surface area contributed by atoms with Crippen molar-refractivity contribution in [1.82, 2.24) is 5.32 Å². The van der Waals surface area contributed by atoms with Crippen LogP contribution in [0.5, 0.6) is 0 Å². The maximum atomic E-state index is 13.7. The van der Waals surface area contributed by atoms with Crippen molar-refractivity contribution in [1.29, 1.82) is 0 Å². The lowest BCUT2D eigenvalue weighted by Crippen LogP contribution is -2.21. The highest BCUT2D eigenvalue weighted by atomic mass is 19.1. The van der Waals surface area contributed by atoms with Gasteiger partial charge in [0.25, 0.3) is 0 Å². The summed E-state index contributed by atoms with van der Waals surface area (Å²) in [6.45, 7) is 1.73. The Hall–Kier alpha value is -2.53. The quantitative estimate of drug-likeness (QED) is 0.832. The van der Waals surface area contributed by atoms with E-state index >= 15 is 0 Å². The minimum absolute atomic E-state index is 0.109. The molecule has 0 bridgehead atoms. The topological polar surface area (TPSA) is 49.3 Å². The molecule has 2 aromatic rings. The summed E-state index contributed by atoms with van der Waals surface area (Å²) in [5, 5.41) is 11.9. The Balaban J connectivity index is 2.06. The van der Waals surface area contributed by atoms with Gasteiger partial charge in [0.2, 0.25) is 5.91 Å². The van der Waals surface area contributed by atoms with Gasteiger partial charge in [0.15, 0.2) is 0 Å². The molecule has 0 spiro atoms. The number of hydrogen-bond donors (Lipinski definition) is 2. The van der Waals surface area contributed by atoms with Crippen molar-refractivity contribution in [2.45, 2.75) is 20.1 Å². The van der Waals surface area contributed by atoms with Crippen LogP contribution in [0.1, 0.15) is 23.6 Å². The number of benzene rings is 2. The first-order valence-electron chi connectivity index (χ1n) is 7.10. The fourth-order valence-electron chi connectivity index (χ4n) is 2.20. The van der Waals surface area contributed by atoms with Crippen LogP contribution < -0.4 is 5.32 Å². The summed E-state index contributed by atoms with van der Waals surface area (Å²) in [4.78, 5) is 11.9. The number of rotatable bonds is 5. The number of carbonyl (C=O) groups is 1. The molecule has 0 heterocycles. The SMILES string of the molecule is C/C(=C/C(=O)NCc1ccccc1CO)c1ccc(F)cc1F. The Kier molecular flexibility index (Phi) is 5.60. The van der Waals surface area contributed by atoms with E-state index in [1.807, 2.05) is 12.1 Å². The zero-order chi connectivity index (χ0) is 16.8. The van der Waals surface area contributed by atoms with Gasteiger partial charge in [-0.15, -0.1) is 0 Å². The molecule has 0 unspecified atom stereocenters. The van der Waals surface area contributed by atoms with E-state index in [2.05, 4.69) is 5.32 Å². The van der Waals surface area contributed by atoms with E-state index in [1.165, 1.54) is 12.1 Å². The normalized spacial score (nSPS) is 11.4. The molecule has 0 atom stereocenters. The van der Waals surface area contributed by atoms with Crippen LogP contribution in [0.25, 0.3) is 5.57 Å². The van der Waals surface area contributed by atoms with Crippen molar-refractivity contribution in [3.05, 3.63) is 76.9 Å². The summed E-state index contributed by atoms with van der Waals surface area (Å²) in [5.41, 5.74) is 2.12. The predicted molar refractivity (Wildman–Crippen MR) is 84.2 cm³/mol. The second-order valence-electron chi connectivity index (χ2n) is 5.10. The monoisotopic (exact) mass is 317 g/mol. The highest BCUT2D eigenvalue weighted by Gasteiger charge is 2.08. The Morgan fingerprint density at radius 2 is 1.87 bits per heavy atom. The Labute approximate surface area is 133 Å². The van der Waals surface area contributed by atoms with E-state index in [-0.39, 0.29) is 24.6 Å². The second-order valence-corrected chi connectivity index (χ2v) is 5.10. The molecule has 0 saturated heterocycles. The van der Waals surface area contributed by atoms with E-state index in [1.54, 1.807) is 19.1 Å². The highest BCUT2D eigenvalue weighted by molar-refractivity contribution is 5.94. The van der Waals surface area contributed by atoms with Crippen LogP contribution in [0, 0.1) is 11.6 Å². The van der Waals surface area contributed by atoms with Gasteiger partial charge in [0.1, 0.15) is 11.6 Å². The predicted octanol–water partition coefficient (Wildman–Crippen LogP) is 3.18. The molecule has 0 aromatic heterocycles. The molecule has 0 aliphatic carbocycles. The number of aliphatic hydroxyl groups is 1. The van der Waals surface area contributed by atoms with Gasteiger partial charge in [0.05, 0.1) is 6.61 Å². The smallest absolute Gasteiger partial charge is 0.244 e. The maximum absolute atomic E-state index is 13.7. The standard InChI is InChI=1S/C18H17F2NO2/c1-12(16-7-6-15(19)9-17(16)20)8-18(23)21-10-13-4-2-3-5-14(13)11-22/h2-9,22H,10-11H2,1H3,(H,21,23)/b12-8-. The van der Waals surface area contributed by atoms with Crippen molar-refractivity contribution in [3.8, 4) is 0 Å². The zero-order valence-corrected chi connectivity index (χ0v) is 12.6. The molecular weight excluding hydrogens is 300 g/mol. The van der Waals surface area contributed by atoms with E-state index < -0.39 is 11.6 Å². The van der Waals surface area contributed by atoms with E-state index in [9.17, 15) is 18.7 Å². The van der Waals surface area contributed by atoms with Crippen LogP contribution in [0.2, 0.25) is 0 Å². The highest BCUT2D eigenvalue weighted by Crippen LogP contribution is 2.18. The molecule has 120 valence electrons. The summed E-state index contributed by atoms with van der Waals surface area (Å²) in [5.74, 6) is -1.76. The summed E-state index contributed by atoms with van der Waals surface area (Å²) < 4.78 is 26.6. The third-order valence-corrected chi connectivity index (χ3v) is 3.45. The van der Waals surface area contributed by atoms with Crippen LogP contribution in [0.3, 0.4) is 0 Å². The van der Waals surface area contributed by atoms with Crippen molar-refractivity contribution in [2.24, 2.45) is 0 Å². The molecule has 0 radical (unpaired) electrons. The first kappa shape index (κ1) is 16.8. The first-order chi connectivity index (χ1) is 11.0. The largest absolute Gasteiger partial charge is 0.392 e. The van der Waals surface area contributed by atoms with Crippen molar-refractivity contribution in [3.63, 3.8) is 0 Å². The van der Waals surface area contributed by atoms with Crippen molar-refractivity contribution in [2.75, 3.05) is 0 Å². The Morgan fingerprint density at radius 3 is 2.52 bits per heavy atom. The lowest BCUT2D eigenvalue weighted by atomic mass is 10.1. The molecule has 5 heteroatoms. The number of amides is 1. The summed E-state index contributed by atoms with van der Waals surface area (Å²) in [7, 11) is 0. The average molecular weight is 317 g/mol. The van der Waals surface area contributed by atoms with E-state index in [0.29, 0.717) is 5.57 Å².